The Hall–Kier alpha value is -3.09. The van der Waals surface area contributed by atoms with Gasteiger partial charge in [0.2, 0.25) is 0 Å². The minimum atomic E-state index is -4.42. The van der Waals surface area contributed by atoms with E-state index in [4.69, 9.17) is 0 Å². The molecule has 0 saturated carbocycles. The predicted octanol–water partition coefficient (Wildman–Crippen LogP) is 4.50. The van der Waals surface area contributed by atoms with Crippen LogP contribution >= 0.6 is 0 Å². The van der Waals surface area contributed by atoms with Gasteiger partial charge < -0.3 is 5.32 Å². The van der Waals surface area contributed by atoms with Crippen molar-refractivity contribution in [2.24, 2.45) is 0 Å². The molecule has 0 aliphatic heterocycles. The van der Waals surface area contributed by atoms with Crippen molar-refractivity contribution >= 4 is 5.91 Å². The summed E-state index contributed by atoms with van der Waals surface area (Å²) >= 11 is 0. The number of nitrogens with one attached hydrogen (secondary N) is 1. The second kappa shape index (κ2) is 7.88. The Morgan fingerprint density at radius 3 is 2.29 bits per heavy atom. The Balaban J connectivity index is 1.68. The summed E-state index contributed by atoms with van der Waals surface area (Å²) in [6.07, 6.45) is -4.42. The molecule has 7 heteroatoms. The fourth-order valence-electron chi connectivity index (χ4n) is 2.98. The molecule has 146 valence electrons. The van der Waals surface area contributed by atoms with Gasteiger partial charge in [-0.2, -0.15) is 18.3 Å². The number of alkyl halides is 3. The second-order valence-corrected chi connectivity index (χ2v) is 6.55. The van der Waals surface area contributed by atoms with Gasteiger partial charge in [0.05, 0.1) is 17.8 Å². The average molecular weight is 387 g/mol. The molecule has 0 aliphatic carbocycles. The van der Waals surface area contributed by atoms with E-state index in [-0.39, 0.29) is 12.1 Å². The summed E-state index contributed by atoms with van der Waals surface area (Å²) < 4.78 is 39.8. The fourth-order valence-corrected chi connectivity index (χ4v) is 2.98. The third kappa shape index (κ3) is 4.42. The molecular formula is C21H20F3N3O. The van der Waals surface area contributed by atoms with Gasteiger partial charge in [-0.15, -0.1) is 0 Å². The van der Waals surface area contributed by atoms with Gasteiger partial charge in [-0.05, 0) is 43.7 Å². The lowest BCUT2D eigenvalue weighted by Crippen LogP contribution is -2.23. The Bertz CT molecular complexity index is 961. The van der Waals surface area contributed by atoms with E-state index in [0.717, 1.165) is 34.6 Å². The van der Waals surface area contributed by atoms with Crippen LogP contribution in [0.1, 0.15) is 38.4 Å². The van der Waals surface area contributed by atoms with Crippen LogP contribution in [0.3, 0.4) is 0 Å². The maximum absolute atomic E-state index is 12.6. The molecule has 0 fully saturated rings. The van der Waals surface area contributed by atoms with E-state index in [9.17, 15) is 18.0 Å². The number of carbonyl (C=O) groups is 1. The van der Waals surface area contributed by atoms with E-state index in [2.05, 4.69) is 10.4 Å². The SMILES string of the molecule is Cc1nn(Cc2ccccc2)c(C)c1CNC(=O)c1ccc(C(F)(F)F)cc1. The van der Waals surface area contributed by atoms with Crippen molar-refractivity contribution in [3.05, 3.63) is 88.2 Å². The van der Waals surface area contributed by atoms with E-state index < -0.39 is 17.6 Å². The van der Waals surface area contributed by atoms with Crippen LogP contribution < -0.4 is 5.32 Å². The number of aromatic nitrogens is 2. The Labute approximate surface area is 161 Å². The summed E-state index contributed by atoms with van der Waals surface area (Å²) in [5.74, 6) is -0.427. The fraction of sp³-hybridized carbons (Fsp3) is 0.238. The minimum absolute atomic E-state index is 0.181. The number of benzene rings is 2. The van der Waals surface area contributed by atoms with E-state index in [1.807, 2.05) is 48.9 Å². The van der Waals surface area contributed by atoms with Crippen LogP contribution in [0.4, 0.5) is 13.2 Å². The monoisotopic (exact) mass is 387 g/mol. The number of carbonyl (C=O) groups excluding carboxylic acids is 1. The molecule has 3 aromatic rings. The minimum Gasteiger partial charge on any atom is -0.348 e. The van der Waals surface area contributed by atoms with Gasteiger partial charge in [-0.3, -0.25) is 9.48 Å². The normalized spacial score (nSPS) is 11.5. The van der Waals surface area contributed by atoms with Crippen molar-refractivity contribution in [2.45, 2.75) is 33.1 Å². The molecule has 1 N–H and O–H groups in total. The number of nitrogens with zero attached hydrogens (tertiary/aromatic N) is 2. The van der Waals surface area contributed by atoms with Gasteiger partial charge in [-0.1, -0.05) is 30.3 Å². The molecule has 0 bridgehead atoms. The Kier molecular flexibility index (Phi) is 5.53. The highest BCUT2D eigenvalue weighted by molar-refractivity contribution is 5.94. The van der Waals surface area contributed by atoms with Gasteiger partial charge >= 0.3 is 6.18 Å². The standard InChI is InChI=1S/C21H20F3N3O/c1-14-19(15(2)27(26-14)13-16-6-4-3-5-7-16)12-25-20(28)17-8-10-18(11-9-17)21(22,23)24/h3-11H,12-13H2,1-2H3,(H,25,28). The third-order valence-corrected chi connectivity index (χ3v) is 4.61. The molecule has 0 unspecified atom stereocenters. The van der Waals surface area contributed by atoms with Gasteiger partial charge in [0.25, 0.3) is 5.91 Å². The lowest BCUT2D eigenvalue weighted by molar-refractivity contribution is -0.137. The smallest absolute Gasteiger partial charge is 0.348 e. The number of aryl methyl sites for hydroxylation is 1. The molecule has 3 rings (SSSR count). The lowest BCUT2D eigenvalue weighted by atomic mass is 10.1. The van der Waals surface area contributed by atoms with Crippen molar-refractivity contribution in [3.8, 4) is 0 Å². The molecule has 1 heterocycles. The molecule has 1 amide bonds. The van der Waals surface area contributed by atoms with Crippen LogP contribution in [-0.4, -0.2) is 15.7 Å². The van der Waals surface area contributed by atoms with E-state index in [1.165, 1.54) is 12.1 Å². The summed E-state index contributed by atoms with van der Waals surface area (Å²) in [5.41, 5.74) is 3.16. The zero-order valence-corrected chi connectivity index (χ0v) is 15.5. The van der Waals surface area contributed by atoms with E-state index >= 15 is 0 Å². The topological polar surface area (TPSA) is 46.9 Å². The highest BCUT2D eigenvalue weighted by Gasteiger charge is 2.30. The Morgan fingerprint density at radius 1 is 1.04 bits per heavy atom. The molecule has 4 nitrogen and oxygen atoms in total. The highest BCUT2D eigenvalue weighted by atomic mass is 19.4. The van der Waals surface area contributed by atoms with Gasteiger partial charge in [-0.25, -0.2) is 0 Å². The maximum atomic E-state index is 12.6. The first-order valence-corrected chi connectivity index (χ1v) is 8.78. The van der Waals surface area contributed by atoms with Crippen molar-refractivity contribution in [1.29, 1.82) is 0 Å². The first kappa shape index (κ1) is 19.7. The van der Waals surface area contributed by atoms with Crippen LogP contribution in [0, 0.1) is 13.8 Å². The van der Waals surface area contributed by atoms with Gasteiger partial charge in [0, 0.05) is 23.4 Å². The number of halogens is 3. The zero-order chi connectivity index (χ0) is 20.3. The van der Waals surface area contributed by atoms with Crippen molar-refractivity contribution < 1.29 is 18.0 Å². The van der Waals surface area contributed by atoms with Crippen molar-refractivity contribution in [1.82, 2.24) is 15.1 Å². The van der Waals surface area contributed by atoms with Crippen molar-refractivity contribution in [2.75, 3.05) is 0 Å². The number of amides is 1. The zero-order valence-electron chi connectivity index (χ0n) is 15.5. The average Bonchev–Trinajstić information content (AvgIpc) is 2.93. The highest BCUT2D eigenvalue weighted by Crippen LogP contribution is 2.29. The van der Waals surface area contributed by atoms with Crippen LogP contribution in [0.2, 0.25) is 0 Å². The second-order valence-electron chi connectivity index (χ2n) is 6.55. The number of hydrogen-bond acceptors (Lipinski definition) is 2. The van der Waals surface area contributed by atoms with Gasteiger partial charge in [0.1, 0.15) is 0 Å². The Morgan fingerprint density at radius 2 is 1.68 bits per heavy atom. The molecule has 0 spiro atoms. The summed E-state index contributed by atoms with van der Waals surface area (Å²) in [4.78, 5) is 12.3. The molecule has 0 saturated heterocycles. The molecular weight excluding hydrogens is 367 g/mol. The molecule has 1 aromatic heterocycles. The molecule has 0 atom stereocenters. The number of hydrogen-bond donors (Lipinski definition) is 1. The lowest BCUT2D eigenvalue weighted by Gasteiger charge is -2.09. The summed E-state index contributed by atoms with van der Waals surface area (Å²) in [6.45, 7) is 4.68. The predicted molar refractivity (Wildman–Crippen MR) is 99.9 cm³/mol. The number of rotatable bonds is 5. The quantitative estimate of drug-likeness (QED) is 0.701. The van der Waals surface area contributed by atoms with Crippen LogP contribution in [-0.2, 0) is 19.3 Å². The molecule has 0 radical (unpaired) electrons. The maximum Gasteiger partial charge on any atom is 0.416 e. The van der Waals surface area contributed by atoms with Crippen LogP contribution in [0.15, 0.2) is 54.6 Å². The van der Waals surface area contributed by atoms with E-state index in [0.29, 0.717) is 6.54 Å². The first-order valence-electron chi connectivity index (χ1n) is 8.78. The van der Waals surface area contributed by atoms with E-state index in [1.54, 1.807) is 0 Å². The molecule has 2 aromatic carbocycles. The summed E-state index contributed by atoms with van der Waals surface area (Å²) in [5, 5.41) is 7.29. The van der Waals surface area contributed by atoms with Crippen LogP contribution in [0.25, 0.3) is 0 Å². The van der Waals surface area contributed by atoms with Crippen molar-refractivity contribution in [3.63, 3.8) is 0 Å². The third-order valence-electron chi connectivity index (χ3n) is 4.61. The summed E-state index contributed by atoms with van der Waals surface area (Å²) in [6, 6.07) is 14.1. The van der Waals surface area contributed by atoms with Crippen LogP contribution in [0.5, 0.6) is 0 Å². The first-order chi connectivity index (χ1) is 13.3. The summed E-state index contributed by atoms with van der Waals surface area (Å²) in [7, 11) is 0. The van der Waals surface area contributed by atoms with Gasteiger partial charge in [0.15, 0.2) is 0 Å². The molecule has 0 aliphatic rings. The molecule has 28 heavy (non-hydrogen) atoms. The largest absolute Gasteiger partial charge is 0.416 e.